The molecule has 20 heavy (non-hydrogen) atoms. The summed E-state index contributed by atoms with van der Waals surface area (Å²) in [4.78, 5) is 25.8. The van der Waals surface area contributed by atoms with Crippen molar-refractivity contribution in [2.75, 3.05) is 13.1 Å². The van der Waals surface area contributed by atoms with Gasteiger partial charge in [0.15, 0.2) is 5.82 Å². The van der Waals surface area contributed by atoms with Crippen LogP contribution in [0.4, 0.5) is 13.2 Å². The molecule has 0 bridgehead atoms. The quantitative estimate of drug-likeness (QED) is 0.872. The number of aryl methyl sites for hydroxylation is 1. The Morgan fingerprint density at radius 2 is 2.05 bits per heavy atom. The van der Waals surface area contributed by atoms with Gasteiger partial charge in [-0.15, -0.1) is 0 Å². The molecule has 1 aromatic rings. The number of hydrogen-bond donors (Lipinski definition) is 1. The second-order valence-electron chi connectivity index (χ2n) is 4.34. The van der Waals surface area contributed by atoms with Crippen LogP contribution in [0.25, 0.3) is 0 Å². The van der Waals surface area contributed by atoms with E-state index in [2.05, 4.69) is 10.1 Å². The Bertz CT molecular complexity index is 522. The summed E-state index contributed by atoms with van der Waals surface area (Å²) in [6.07, 6.45) is -5.00. The Kier molecular flexibility index (Phi) is 3.64. The van der Waals surface area contributed by atoms with E-state index in [0.29, 0.717) is 4.90 Å². The summed E-state index contributed by atoms with van der Waals surface area (Å²) in [6.45, 7) is -0.257. The molecule has 1 N–H and O–H groups in total. The molecule has 2 rings (SSSR count). The highest BCUT2D eigenvalue weighted by atomic mass is 19.4. The molecule has 1 saturated heterocycles. The first-order valence-corrected chi connectivity index (χ1v) is 5.67. The van der Waals surface area contributed by atoms with Crippen molar-refractivity contribution in [1.29, 1.82) is 0 Å². The van der Waals surface area contributed by atoms with E-state index in [9.17, 15) is 22.8 Å². The summed E-state index contributed by atoms with van der Waals surface area (Å²) in [5, 5.41) is 12.1. The zero-order chi connectivity index (χ0) is 14.9. The van der Waals surface area contributed by atoms with Crippen LogP contribution in [0.3, 0.4) is 0 Å². The normalized spacial score (nSPS) is 16.1. The van der Waals surface area contributed by atoms with Gasteiger partial charge in [0, 0.05) is 19.5 Å². The van der Waals surface area contributed by atoms with E-state index in [1.807, 2.05) is 0 Å². The number of rotatable bonds is 4. The average Bonchev–Trinajstić information content (AvgIpc) is 2.71. The minimum Gasteiger partial charge on any atom is -0.481 e. The smallest absolute Gasteiger partial charge is 0.471 e. The van der Waals surface area contributed by atoms with Gasteiger partial charge < -0.3 is 14.5 Å². The first kappa shape index (κ1) is 14.3. The van der Waals surface area contributed by atoms with Gasteiger partial charge in [-0.2, -0.15) is 18.2 Å². The molecule has 10 heteroatoms. The van der Waals surface area contributed by atoms with E-state index < -0.39 is 24.0 Å². The van der Waals surface area contributed by atoms with Gasteiger partial charge in [-0.1, -0.05) is 5.16 Å². The van der Waals surface area contributed by atoms with Gasteiger partial charge in [0.05, 0.1) is 12.3 Å². The lowest BCUT2D eigenvalue weighted by Gasteiger charge is -2.37. The Labute approximate surface area is 110 Å². The molecule has 0 radical (unpaired) electrons. The first-order valence-electron chi connectivity index (χ1n) is 5.67. The Morgan fingerprint density at radius 1 is 1.40 bits per heavy atom. The summed E-state index contributed by atoms with van der Waals surface area (Å²) >= 11 is 0. The number of carboxylic acids is 1. The zero-order valence-electron chi connectivity index (χ0n) is 10.1. The highest BCUT2D eigenvalue weighted by Gasteiger charge is 2.47. The van der Waals surface area contributed by atoms with Gasteiger partial charge in [0.25, 0.3) is 0 Å². The highest BCUT2D eigenvalue weighted by Crippen LogP contribution is 2.29. The number of halogens is 3. The monoisotopic (exact) mass is 293 g/mol. The van der Waals surface area contributed by atoms with Crippen LogP contribution < -0.4 is 0 Å². The first-order chi connectivity index (χ1) is 9.27. The lowest BCUT2D eigenvalue weighted by molar-refractivity contribution is -0.190. The van der Waals surface area contributed by atoms with Gasteiger partial charge >= 0.3 is 18.1 Å². The van der Waals surface area contributed by atoms with Gasteiger partial charge in [-0.25, -0.2) is 0 Å². The SMILES string of the molecule is O=C(O)CCc1nc(C2CN(C(=O)C(F)(F)F)C2)no1. The molecular weight excluding hydrogens is 283 g/mol. The van der Waals surface area contributed by atoms with Crippen molar-refractivity contribution in [1.82, 2.24) is 15.0 Å². The maximum atomic E-state index is 12.1. The summed E-state index contributed by atoms with van der Waals surface area (Å²) < 4.78 is 41.2. The molecule has 1 aliphatic heterocycles. The van der Waals surface area contributed by atoms with Crippen molar-refractivity contribution in [2.24, 2.45) is 0 Å². The molecule has 7 nitrogen and oxygen atoms in total. The van der Waals surface area contributed by atoms with E-state index >= 15 is 0 Å². The third-order valence-corrected chi connectivity index (χ3v) is 2.81. The lowest BCUT2D eigenvalue weighted by atomic mass is 9.99. The molecule has 0 atom stereocenters. The minimum absolute atomic E-state index is 0.0558. The van der Waals surface area contributed by atoms with Crippen molar-refractivity contribution < 1.29 is 32.4 Å². The number of carbonyl (C=O) groups excluding carboxylic acids is 1. The summed E-state index contributed by atoms with van der Waals surface area (Å²) in [6, 6.07) is 0. The third-order valence-electron chi connectivity index (χ3n) is 2.81. The molecule has 0 saturated carbocycles. The fourth-order valence-corrected chi connectivity index (χ4v) is 1.74. The predicted molar refractivity (Wildman–Crippen MR) is 55.6 cm³/mol. The van der Waals surface area contributed by atoms with Crippen molar-refractivity contribution in [3.8, 4) is 0 Å². The van der Waals surface area contributed by atoms with E-state index in [1.165, 1.54) is 0 Å². The van der Waals surface area contributed by atoms with Gasteiger partial charge in [-0.3, -0.25) is 9.59 Å². The number of carbonyl (C=O) groups is 2. The fraction of sp³-hybridized carbons (Fsp3) is 0.600. The molecule has 110 valence electrons. The summed E-state index contributed by atoms with van der Waals surface area (Å²) in [7, 11) is 0. The summed E-state index contributed by atoms with van der Waals surface area (Å²) in [5.41, 5.74) is 0. The average molecular weight is 293 g/mol. The van der Waals surface area contributed by atoms with Crippen molar-refractivity contribution in [3.63, 3.8) is 0 Å². The topological polar surface area (TPSA) is 96.5 Å². The lowest BCUT2D eigenvalue weighted by Crippen LogP contribution is -2.53. The van der Waals surface area contributed by atoms with Crippen LogP contribution in [-0.2, 0) is 16.0 Å². The number of hydrogen-bond acceptors (Lipinski definition) is 5. The standard InChI is InChI=1S/C10H10F3N3O4/c11-10(12,13)9(19)16-3-5(4-16)8-14-6(20-15-8)1-2-7(17)18/h5H,1-4H2,(H,17,18). The van der Waals surface area contributed by atoms with Crippen LogP contribution >= 0.6 is 0 Å². The molecular formula is C10H10F3N3O4. The predicted octanol–water partition coefficient (Wildman–Crippen LogP) is 0.575. The van der Waals surface area contributed by atoms with Crippen LogP contribution in [0.15, 0.2) is 4.52 Å². The van der Waals surface area contributed by atoms with E-state index in [-0.39, 0.29) is 37.6 Å². The summed E-state index contributed by atoms with van der Waals surface area (Å²) in [5.74, 6) is -3.01. The number of carboxylic acid groups (broad SMARTS) is 1. The van der Waals surface area contributed by atoms with Crippen LogP contribution in [0.1, 0.15) is 24.1 Å². The van der Waals surface area contributed by atoms with Crippen molar-refractivity contribution in [2.45, 2.75) is 24.9 Å². The molecule has 1 aromatic heterocycles. The van der Waals surface area contributed by atoms with Crippen LogP contribution in [-0.4, -0.2) is 51.3 Å². The van der Waals surface area contributed by atoms with Crippen LogP contribution in [0.2, 0.25) is 0 Å². The van der Waals surface area contributed by atoms with Gasteiger partial charge in [-0.05, 0) is 0 Å². The molecule has 1 aliphatic rings. The molecule has 0 spiro atoms. The zero-order valence-corrected chi connectivity index (χ0v) is 10.1. The van der Waals surface area contributed by atoms with Crippen LogP contribution in [0.5, 0.6) is 0 Å². The Morgan fingerprint density at radius 3 is 2.60 bits per heavy atom. The molecule has 1 amide bonds. The number of alkyl halides is 3. The second-order valence-corrected chi connectivity index (χ2v) is 4.34. The highest BCUT2D eigenvalue weighted by molar-refractivity contribution is 5.82. The number of aliphatic carboxylic acids is 1. The van der Waals surface area contributed by atoms with E-state index in [0.717, 1.165) is 0 Å². The van der Waals surface area contributed by atoms with Crippen molar-refractivity contribution >= 4 is 11.9 Å². The number of amides is 1. The third kappa shape index (κ3) is 3.06. The number of likely N-dealkylation sites (tertiary alicyclic amines) is 1. The van der Waals surface area contributed by atoms with Crippen LogP contribution in [0, 0.1) is 0 Å². The molecule has 2 heterocycles. The number of aromatic nitrogens is 2. The van der Waals surface area contributed by atoms with E-state index in [4.69, 9.17) is 9.63 Å². The Hall–Kier alpha value is -2.13. The minimum atomic E-state index is -4.88. The molecule has 0 aliphatic carbocycles. The van der Waals surface area contributed by atoms with Crippen molar-refractivity contribution in [3.05, 3.63) is 11.7 Å². The maximum Gasteiger partial charge on any atom is 0.471 e. The van der Waals surface area contributed by atoms with Gasteiger partial charge in [0.2, 0.25) is 5.89 Å². The number of nitrogens with zero attached hydrogens (tertiary/aromatic N) is 3. The largest absolute Gasteiger partial charge is 0.481 e. The van der Waals surface area contributed by atoms with E-state index in [1.54, 1.807) is 0 Å². The van der Waals surface area contributed by atoms with Gasteiger partial charge in [0.1, 0.15) is 0 Å². The fourth-order valence-electron chi connectivity index (χ4n) is 1.74. The maximum absolute atomic E-state index is 12.1. The second kappa shape index (κ2) is 5.10. The molecule has 0 unspecified atom stereocenters. The Balaban J connectivity index is 1.87. The molecule has 0 aromatic carbocycles. The molecule has 1 fully saturated rings.